The summed E-state index contributed by atoms with van der Waals surface area (Å²) in [6.45, 7) is 0. The molecule has 2 aromatic heterocycles. The molecule has 0 aliphatic rings. The van der Waals surface area contributed by atoms with Crippen LogP contribution < -0.4 is 5.56 Å². The standard InChI is InChI=1S/C13H11N3O/c1-16-11-4-2-3-10(12(11)13(17)15-16)9-5-7-14-8-6-9/h2-8H,1H3,(H,15,17). The van der Waals surface area contributed by atoms with E-state index in [1.165, 1.54) is 0 Å². The summed E-state index contributed by atoms with van der Waals surface area (Å²) in [6.07, 6.45) is 3.45. The lowest BCUT2D eigenvalue weighted by molar-refractivity contribution is 0.783. The number of aryl methyl sites for hydroxylation is 1. The highest BCUT2D eigenvalue weighted by Gasteiger charge is 2.09. The zero-order chi connectivity index (χ0) is 11.8. The summed E-state index contributed by atoms with van der Waals surface area (Å²) in [5.74, 6) is 0. The molecule has 0 saturated heterocycles. The molecule has 84 valence electrons. The zero-order valence-electron chi connectivity index (χ0n) is 9.34. The Morgan fingerprint density at radius 1 is 1.18 bits per heavy atom. The summed E-state index contributed by atoms with van der Waals surface area (Å²) < 4.78 is 1.74. The molecule has 3 aromatic rings. The lowest BCUT2D eigenvalue weighted by Gasteiger charge is -2.02. The van der Waals surface area contributed by atoms with E-state index in [9.17, 15) is 4.79 Å². The molecule has 2 heterocycles. The van der Waals surface area contributed by atoms with Crippen molar-refractivity contribution in [1.29, 1.82) is 0 Å². The monoisotopic (exact) mass is 225 g/mol. The molecule has 3 rings (SSSR count). The van der Waals surface area contributed by atoms with Gasteiger partial charge in [0.15, 0.2) is 0 Å². The van der Waals surface area contributed by atoms with Crippen molar-refractivity contribution in [2.45, 2.75) is 0 Å². The number of hydrogen-bond acceptors (Lipinski definition) is 2. The van der Waals surface area contributed by atoms with Gasteiger partial charge in [-0.1, -0.05) is 12.1 Å². The van der Waals surface area contributed by atoms with Crippen LogP contribution in [0, 0.1) is 0 Å². The maximum atomic E-state index is 11.9. The van der Waals surface area contributed by atoms with Crippen LogP contribution in [0.15, 0.2) is 47.5 Å². The molecule has 0 fully saturated rings. The van der Waals surface area contributed by atoms with Gasteiger partial charge in [0.2, 0.25) is 0 Å². The van der Waals surface area contributed by atoms with Gasteiger partial charge >= 0.3 is 0 Å². The summed E-state index contributed by atoms with van der Waals surface area (Å²) in [7, 11) is 1.83. The topological polar surface area (TPSA) is 50.7 Å². The minimum Gasteiger partial charge on any atom is -0.288 e. The summed E-state index contributed by atoms with van der Waals surface area (Å²) in [5.41, 5.74) is 2.79. The first-order valence-corrected chi connectivity index (χ1v) is 5.35. The van der Waals surface area contributed by atoms with E-state index in [0.29, 0.717) is 0 Å². The van der Waals surface area contributed by atoms with E-state index in [1.54, 1.807) is 17.1 Å². The van der Waals surface area contributed by atoms with Gasteiger partial charge in [0, 0.05) is 19.4 Å². The van der Waals surface area contributed by atoms with Crippen molar-refractivity contribution in [3.8, 4) is 11.1 Å². The summed E-state index contributed by atoms with van der Waals surface area (Å²) >= 11 is 0. The van der Waals surface area contributed by atoms with Gasteiger partial charge in [-0.2, -0.15) is 0 Å². The Kier molecular flexibility index (Phi) is 2.08. The average Bonchev–Trinajstić information content (AvgIpc) is 2.66. The Bertz CT molecular complexity index is 725. The quantitative estimate of drug-likeness (QED) is 0.688. The molecular formula is C13H11N3O. The van der Waals surface area contributed by atoms with Crippen molar-refractivity contribution in [3.05, 3.63) is 53.1 Å². The Morgan fingerprint density at radius 2 is 1.94 bits per heavy atom. The highest BCUT2D eigenvalue weighted by Crippen LogP contribution is 2.25. The number of nitrogens with zero attached hydrogens (tertiary/aromatic N) is 2. The second-order valence-electron chi connectivity index (χ2n) is 3.94. The van der Waals surface area contributed by atoms with E-state index in [1.807, 2.05) is 37.4 Å². The molecule has 0 spiro atoms. The van der Waals surface area contributed by atoms with Crippen molar-refractivity contribution < 1.29 is 0 Å². The number of benzene rings is 1. The molecule has 0 bridgehead atoms. The molecule has 0 aliphatic carbocycles. The van der Waals surface area contributed by atoms with Crippen molar-refractivity contribution in [2.75, 3.05) is 0 Å². The zero-order valence-corrected chi connectivity index (χ0v) is 9.34. The Hall–Kier alpha value is -2.36. The lowest BCUT2D eigenvalue weighted by atomic mass is 10.0. The Labute approximate surface area is 97.5 Å². The molecule has 0 amide bonds. The number of pyridine rings is 1. The fourth-order valence-electron chi connectivity index (χ4n) is 2.10. The third kappa shape index (κ3) is 1.45. The molecule has 0 atom stereocenters. The maximum absolute atomic E-state index is 11.9. The van der Waals surface area contributed by atoms with Gasteiger partial charge in [-0.3, -0.25) is 19.6 Å². The van der Waals surface area contributed by atoms with Gasteiger partial charge < -0.3 is 0 Å². The first-order chi connectivity index (χ1) is 8.27. The molecule has 0 unspecified atom stereocenters. The van der Waals surface area contributed by atoms with E-state index < -0.39 is 0 Å². The van der Waals surface area contributed by atoms with Crippen LogP contribution in [0.1, 0.15) is 0 Å². The van der Waals surface area contributed by atoms with Crippen LogP contribution in [0.4, 0.5) is 0 Å². The van der Waals surface area contributed by atoms with E-state index in [-0.39, 0.29) is 5.56 Å². The number of nitrogens with one attached hydrogen (secondary N) is 1. The number of H-pyrrole nitrogens is 1. The first kappa shape index (κ1) is 9.84. The van der Waals surface area contributed by atoms with E-state index >= 15 is 0 Å². The predicted molar refractivity (Wildman–Crippen MR) is 66.8 cm³/mol. The normalized spacial score (nSPS) is 10.9. The molecule has 17 heavy (non-hydrogen) atoms. The van der Waals surface area contributed by atoms with Gasteiger partial charge in [0.25, 0.3) is 5.56 Å². The highest BCUT2D eigenvalue weighted by molar-refractivity contribution is 5.94. The minimum atomic E-state index is -0.0603. The minimum absolute atomic E-state index is 0.0603. The summed E-state index contributed by atoms with van der Waals surface area (Å²) in [6, 6.07) is 9.64. The van der Waals surface area contributed by atoms with Crippen molar-refractivity contribution in [3.63, 3.8) is 0 Å². The SMILES string of the molecule is Cn1[nH]c(=O)c2c(-c3ccncc3)cccc21. The average molecular weight is 225 g/mol. The fourth-order valence-corrected chi connectivity index (χ4v) is 2.10. The first-order valence-electron chi connectivity index (χ1n) is 5.35. The van der Waals surface area contributed by atoms with Crippen LogP contribution in [-0.2, 0) is 7.05 Å². The van der Waals surface area contributed by atoms with Crippen molar-refractivity contribution in [1.82, 2.24) is 14.8 Å². The molecule has 0 saturated carbocycles. The summed E-state index contributed by atoms with van der Waals surface area (Å²) in [5, 5.41) is 3.49. The van der Waals surface area contributed by atoms with Gasteiger partial charge in [-0.15, -0.1) is 0 Å². The third-order valence-corrected chi connectivity index (χ3v) is 2.89. The van der Waals surface area contributed by atoms with Gasteiger partial charge in [-0.25, -0.2) is 0 Å². The van der Waals surface area contributed by atoms with Crippen LogP contribution >= 0.6 is 0 Å². The largest absolute Gasteiger partial charge is 0.288 e. The van der Waals surface area contributed by atoms with Gasteiger partial charge in [-0.05, 0) is 29.3 Å². The molecule has 0 radical (unpaired) electrons. The highest BCUT2D eigenvalue weighted by atomic mass is 16.1. The Morgan fingerprint density at radius 3 is 2.71 bits per heavy atom. The van der Waals surface area contributed by atoms with E-state index in [4.69, 9.17) is 0 Å². The second kappa shape index (κ2) is 3.59. The molecule has 4 nitrogen and oxygen atoms in total. The molecule has 4 heteroatoms. The number of aromatic amines is 1. The lowest BCUT2D eigenvalue weighted by Crippen LogP contribution is -2.02. The molecule has 1 N–H and O–H groups in total. The Balaban J connectivity index is 2.42. The predicted octanol–water partition coefficient (Wildman–Crippen LogP) is 1.93. The van der Waals surface area contributed by atoms with Gasteiger partial charge in [0.05, 0.1) is 10.9 Å². The van der Waals surface area contributed by atoms with Crippen LogP contribution in [-0.4, -0.2) is 14.8 Å². The van der Waals surface area contributed by atoms with Crippen LogP contribution in [0.2, 0.25) is 0 Å². The third-order valence-electron chi connectivity index (χ3n) is 2.89. The van der Waals surface area contributed by atoms with Crippen LogP contribution in [0.3, 0.4) is 0 Å². The maximum Gasteiger partial charge on any atom is 0.272 e. The number of rotatable bonds is 1. The fraction of sp³-hybridized carbons (Fsp3) is 0.0769. The van der Waals surface area contributed by atoms with Crippen molar-refractivity contribution in [2.24, 2.45) is 7.05 Å². The van der Waals surface area contributed by atoms with E-state index in [2.05, 4.69) is 10.1 Å². The van der Waals surface area contributed by atoms with Gasteiger partial charge in [0.1, 0.15) is 0 Å². The summed E-state index contributed by atoms with van der Waals surface area (Å²) in [4.78, 5) is 15.9. The molecule has 0 aliphatic heterocycles. The smallest absolute Gasteiger partial charge is 0.272 e. The van der Waals surface area contributed by atoms with Crippen molar-refractivity contribution >= 4 is 10.9 Å². The number of hydrogen-bond donors (Lipinski definition) is 1. The van der Waals surface area contributed by atoms with E-state index in [0.717, 1.165) is 22.0 Å². The molecule has 1 aromatic carbocycles. The van der Waals surface area contributed by atoms with Crippen LogP contribution in [0.25, 0.3) is 22.0 Å². The number of fused-ring (bicyclic) bond motifs is 1. The number of aromatic nitrogens is 3. The second-order valence-corrected chi connectivity index (χ2v) is 3.94. The van der Waals surface area contributed by atoms with Crippen LogP contribution in [0.5, 0.6) is 0 Å². The molecular weight excluding hydrogens is 214 g/mol.